The number of hydrogen-bond acceptors (Lipinski definition) is 5. The Kier molecular flexibility index (Phi) is 5.90. The van der Waals surface area contributed by atoms with Gasteiger partial charge in [-0.05, 0) is 25.9 Å². The van der Waals surface area contributed by atoms with Gasteiger partial charge in [-0.2, -0.15) is 0 Å². The van der Waals surface area contributed by atoms with Crippen LogP contribution in [-0.4, -0.2) is 49.2 Å². The van der Waals surface area contributed by atoms with E-state index >= 15 is 0 Å². The van der Waals surface area contributed by atoms with E-state index in [-0.39, 0.29) is 0 Å². The van der Waals surface area contributed by atoms with Crippen LogP contribution in [0.15, 0.2) is 11.6 Å². The van der Waals surface area contributed by atoms with E-state index in [2.05, 4.69) is 20.2 Å². The number of anilines is 1. The Labute approximate surface area is 114 Å². The molecule has 4 nitrogen and oxygen atoms in total. The first kappa shape index (κ1) is 13.8. The van der Waals surface area contributed by atoms with Crippen molar-refractivity contribution in [3.63, 3.8) is 0 Å². The highest BCUT2D eigenvalue weighted by Crippen LogP contribution is 2.18. The molecule has 1 aromatic heterocycles. The molecule has 0 aromatic carbocycles. The third-order valence-corrected chi connectivity index (χ3v) is 4.32. The van der Waals surface area contributed by atoms with Crippen molar-refractivity contribution in [2.45, 2.75) is 25.7 Å². The number of nitrogens with zero attached hydrogens (tertiary/aromatic N) is 3. The maximum atomic E-state index is 5.49. The van der Waals surface area contributed by atoms with Gasteiger partial charge in [-0.1, -0.05) is 12.8 Å². The van der Waals surface area contributed by atoms with Crippen LogP contribution in [0.3, 0.4) is 0 Å². The Morgan fingerprint density at radius 2 is 1.89 bits per heavy atom. The monoisotopic (exact) mass is 268 g/mol. The van der Waals surface area contributed by atoms with Crippen LogP contribution in [0.5, 0.6) is 0 Å². The molecule has 0 atom stereocenters. The first-order valence-corrected chi connectivity index (χ1v) is 7.85. The normalized spacial score (nSPS) is 17.3. The summed E-state index contributed by atoms with van der Waals surface area (Å²) in [6, 6.07) is 0. The molecule has 0 bridgehead atoms. The fraction of sp³-hybridized carbons (Fsp3) is 0.769. The molecule has 0 amide bonds. The highest BCUT2D eigenvalue weighted by Gasteiger charge is 2.17. The third-order valence-electron chi connectivity index (χ3n) is 3.49. The second-order valence-corrected chi connectivity index (χ2v) is 5.72. The van der Waals surface area contributed by atoms with Gasteiger partial charge in [-0.25, -0.2) is 4.98 Å². The molecule has 2 heterocycles. The third kappa shape index (κ3) is 4.23. The fourth-order valence-electron chi connectivity index (χ4n) is 2.37. The van der Waals surface area contributed by atoms with Crippen LogP contribution >= 0.6 is 11.3 Å². The molecule has 1 fully saturated rings. The molecule has 5 heteroatoms. The SMILES string of the molecule is NCCCCCCN1CCN(c2nccs2)CC1. The van der Waals surface area contributed by atoms with Gasteiger partial charge < -0.3 is 10.6 Å². The minimum Gasteiger partial charge on any atom is -0.346 e. The highest BCUT2D eigenvalue weighted by molar-refractivity contribution is 7.13. The summed E-state index contributed by atoms with van der Waals surface area (Å²) in [6.07, 6.45) is 7.00. The summed E-state index contributed by atoms with van der Waals surface area (Å²) in [5, 5.41) is 3.23. The maximum Gasteiger partial charge on any atom is 0.185 e. The molecular weight excluding hydrogens is 244 g/mol. The van der Waals surface area contributed by atoms with Crippen molar-refractivity contribution in [1.29, 1.82) is 0 Å². The smallest absolute Gasteiger partial charge is 0.185 e. The van der Waals surface area contributed by atoms with Gasteiger partial charge in [0.15, 0.2) is 5.13 Å². The molecule has 0 radical (unpaired) electrons. The van der Waals surface area contributed by atoms with Gasteiger partial charge in [0.05, 0.1) is 0 Å². The number of thiazole rings is 1. The predicted octanol–water partition coefficient (Wildman–Crippen LogP) is 1.78. The number of aromatic nitrogens is 1. The molecule has 2 N–H and O–H groups in total. The topological polar surface area (TPSA) is 45.4 Å². The van der Waals surface area contributed by atoms with E-state index in [0.717, 1.165) is 19.6 Å². The number of hydrogen-bond donors (Lipinski definition) is 1. The van der Waals surface area contributed by atoms with Gasteiger partial charge >= 0.3 is 0 Å². The standard InChI is InChI=1S/C13H24N4S/c14-5-3-1-2-4-7-16-8-10-17(11-9-16)13-15-6-12-18-13/h6,12H,1-5,7-11,14H2. The summed E-state index contributed by atoms with van der Waals surface area (Å²) in [5.41, 5.74) is 5.49. The van der Waals surface area contributed by atoms with Gasteiger partial charge in [-0.15, -0.1) is 11.3 Å². The average molecular weight is 268 g/mol. The molecule has 0 aliphatic carbocycles. The largest absolute Gasteiger partial charge is 0.346 e. The van der Waals surface area contributed by atoms with E-state index in [9.17, 15) is 0 Å². The van der Waals surface area contributed by atoms with Crippen LogP contribution in [-0.2, 0) is 0 Å². The van der Waals surface area contributed by atoms with Crippen molar-refractivity contribution in [2.75, 3.05) is 44.2 Å². The minimum atomic E-state index is 0.840. The summed E-state index contributed by atoms with van der Waals surface area (Å²) < 4.78 is 0. The zero-order valence-electron chi connectivity index (χ0n) is 11.1. The first-order chi connectivity index (χ1) is 8.90. The van der Waals surface area contributed by atoms with E-state index in [4.69, 9.17) is 5.73 Å². The number of nitrogens with two attached hydrogens (primary N) is 1. The number of piperazine rings is 1. The second kappa shape index (κ2) is 7.71. The van der Waals surface area contributed by atoms with E-state index in [1.807, 2.05) is 6.20 Å². The van der Waals surface area contributed by atoms with Gasteiger partial charge in [0.2, 0.25) is 0 Å². The zero-order valence-corrected chi connectivity index (χ0v) is 11.9. The van der Waals surface area contributed by atoms with Gasteiger partial charge in [0.25, 0.3) is 0 Å². The second-order valence-electron chi connectivity index (χ2n) is 4.85. The van der Waals surface area contributed by atoms with Crippen molar-refractivity contribution in [3.05, 3.63) is 11.6 Å². The van der Waals surface area contributed by atoms with E-state index in [1.165, 1.54) is 50.4 Å². The Morgan fingerprint density at radius 1 is 1.11 bits per heavy atom. The Balaban J connectivity index is 1.59. The van der Waals surface area contributed by atoms with Crippen LogP contribution in [0, 0.1) is 0 Å². The molecule has 0 spiro atoms. The van der Waals surface area contributed by atoms with Crippen LogP contribution in [0.25, 0.3) is 0 Å². The molecule has 2 rings (SSSR count). The van der Waals surface area contributed by atoms with Crippen molar-refractivity contribution in [1.82, 2.24) is 9.88 Å². The zero-order chi connectivity index (χ0) is 12.6. The highest BCUT2D eigenvalue weighted by atomic mass is 32.1. The first-order valence-electron chi connectivity index (χ1n) is 6.97. The predicted molar refractivity (Wildman–Crippen MR) is 78.3 cm³/mol. The lowest BCUT2D eigenvalue weighted by molar-refractivity contribution is 0.252. The van der Waals surface area contributed by atoms with Crippen LogP contribution in [0.1, 0.15) is 25.7 Å². The van der Waals surface area contributed by atoms with E-state index in [1.54, 1.807) is 11.3 Å². The summed E-state index contributed by atoms with van der Waals surface area (Å²) in [5.74, 6) is 0. The van der Waals surface area contributed by atoms with Crippen molar-refractivity contribution in [2.24, 2.45) is 5.73 Å². The van der Waals surface area contributed by atoms with Crippen molar-refractivity contribution < 1.29 is 0 Å². The lowest BCUT2D eigenvalue weighted by Crippen LogP contribution is -2.46. The molecule has 1 aliphatic heterocycles. The average Bonchev–Trinajstić information content (AvgIpc) is 2.93. The van der Waals surface area contributed by atoms with Crippen molar-refractivity contribution >= 4 is 16.5 Å². The lowest BCUT2D eigenvalue weighted by atomic mass is 10.2. The Morgan fingerprint density at radius 3 is 2.56 bits per heavy atom. The van der Waals surface area contributed by atoms with Gasteiger partial charge in [-0.3, -0.25) is 4.90 Å². The summed E-state index contributed by atoms with van der Waals surface area (Å²) >= 11 is 1.74. The fourth-order valence-corrected chi connectivity index (χ4v) is 3.06. The molecule has 0 saturated carbocycles. The number of unbranched alkanes of at least 4 members (excludes halogenated alkanes) is 3. The Bertz CT molecular complexity index is 307. The number of rotatable bonds is 7. The minimum absolute atomic E-state index is 0.840. The summed E-state index contributed by atoms with van der Waals surface area (Å²) in [7, 11) is 0. The molecule has 0 unspecified atom stereocenters. The summed E-state index contributed by atoms with van der Waals surface area (Å²) in [4.78, 5) is 9.35. The summed E-state index contributed by atoms with van der Waals surface area (Å²) in [6.45, 7) is 6.68. The van der Waals surface area contributed by atoms with Gasteiger partial charge in [0, 0.05) is 37.8 Å². The van der Waals surface area contributed by atoms with Crippen molar-refractivity contribution in [3.8, 4) is 0 Å². The van der Waals surface area contributed by atoms with Gasteiger partial charge in [0.1, 0.15) is 0 Å². The molecule has 18 heavy (non-hydrogen) atoms. The van der Waals surface area contributed by atoms with E-state index < -0.39 is 0 Å². The lowest BCUT2D eigenvalue weighted by Gasteiger charge is -2.34. The quantitative estimate of drug-likeness (QED) is 0.766. The molecule has 1 saturated heterocycles. The Hall–Kier alpha value is -0.650. The maximum absolute atomic E-state index is 5.49. The molecule has 102 valence electrons. The molecule has 1 aliphatic rings. The molecule has 1 aromatic rings. The van der Waals surface area contributed by atoms with Crippen LogP contribution < -0.4 is 10.6 Å². The van der Waals surface area contributed by atoms with Crippen LogP contribution in [0.4, 0.5) is 5.13 Å². The van der Waals surface area contributed by atoms with Crippen LogP contribution in [0.2, 0.25) is 0 Å². The molecular formula is C13H24N4S. The van der Waals surface area contributed by atoms with E-state index in [0.29, 0.717) is 0 Å².